The van der Waals surface area contributed by atoms with Gasteiger partial charge >= 0.3 is 5.97 Å². The van der Waals surface area contributed by atoms with Crippen molar-refractivity contribution < 1.29 is 14.7 Å². The van der Waals surface area contributed by atoms with Crippen molar-refractivity contribution in [3.05, 3.63) is 35.4 Å². The highest BCUT2D eigenvalue weighted by Gasteiger charge is 2.10. The van der Waals surface area contributed by atoms with Gasteiger partial charge in [-0.25, -0.2) is 0 Å². The molecule has 0 radical (unpaired) electrons. The molecule has 5 nitrogen and oxygen atoms in total. The van der Waals surface area contributed by atoms with Crippen molar-refractivity contribution in [2.24, 2.45) is 0 Å². The fraction of sp³-hybridized carbons (Fsp3) is 0.385. The van der Waals surface area contributed by atoms with Gasteiger partial charge in [-0.05, 0) is 18.2 Å². The number of hydrogen-bond donors (Lipinski definition) is 2. The van der Waals surface area contributed by atoms with Crippen LogP contribution < -0.4 is 5.32 Å². The van der Waals surface area contributed by atoms with Gasteiger partial charge in [-0.15, -0.1) is 0 Å². The number of nitrogens with one attached hydrogen (secondary N) is 1. The molecule has 2 N–H and O–H groups in total. The molecule has 5 heteroatoms. The average molecular weight is 250 g/mol. The second-order valence-corrected chi connectivity index (χ2v) is 4.18. The van der Waals surface area contributed by atoms with E-state index in [1.807, 2.05) is 30.1 Å². The molecule has 1 amide bonds. The summed E-state index contributed by atoms with van der Waals surface area (Å²) >= 11 is 0. The maximum Gasteiger partial charge on any atom is 0.307 e. The molecular weight excluding hydrogens is 232 g/mol. The fourth-order valence-corrected chi connectivity index (χ4v) is 1.72. The van der Waals surface area contributed by atoms with E-state index in [4.69, 9.17) is 5.11 Å². The highest BCUT2D eigenvalue weighted by Crippen LogP contribution is 2.11. The summed E-state index contributed by atoms with van der Waals surface area (Å²) in [6.07, 6.45) is 0.00396. The standard InChI is InChI=1S/C13H18N2O3/c1-14-12(16)9-15(2)8-11-6-4-3-5-10(11)7-13(17)18/h3-6H,7-9H2,1-2H3,(H,14,16)(H,17,18). The van der Waals surface area contributed by atoms with E-state index in [0.29, 0.717) is 6.54 Å². The van der Waals surface area contributed by atoms with Gasteiger partial charge in [0, 0.05) is 13.6 Å². The zero-order valence-corrected chi connectivity index (χ0v) is 10.6. The van der Waals surface area contributed by atoms with Crippen LogP contribution >= 0.6 is 0 Å². The Morgan fingerprint density at radius 1 is 1.28 bits per heavy atom. The summed E-state index contributed by atoms with van der Waals surface area (Å²) in [6, 6.07) is 7.38. The molecule has 0 bridgehead atoms. The SMILES string of the molecule is CNC(=O)CN(C)Cc1ccccc1CC(=O)O. The Labute approximate surface area is 106 Å². The number of likely N-dealkylation sites (N-methyl/N-ethyl adjacent to an activating group) is 2. The zero-order chi connectivity index (χ0) is 13.5. The van der Waals surface area contributed by atoms with Gasteiger partial charge < -0.3 is 10.4 Å². The van der Waals surface area contributed by atoms with E-state index in [0.717, 1.165) is 11.1 Å². The molecule has 0 aliphatic heterocycles. The summed E-state index contributed by atoms with van der Waals surface area (Å²) < 4.78 is 0. The molecule has 1 rings (SSSR count). The number of rotatable bonds is 6. The second-order valence-electron chi connectivity index (χ2n) is 4.18. The van der Waals surface area contributed by atoms with Gasteiger partial charge in [-0.1, -0.05) is 24.3 Å². The number of benzene rings is 1. The molecule has 0 unspecified atom stereocenters. The lowest BCUT2D eigenvalue weighted by atomic mass is 10.0. The van der Waals surface area contributed by atoms with Gasteiger partial charge in [0.05, 0.1) is 13.0 Å². The molecule has 0 fully saturated rings. The first-order valence-electron chi connectivity index (χ1n) is 5.70. The topological polar surface area (TPSA) is 69.6 Å². The molecule has 1 aromatic rings. The Hall–Kier alpha value is -1.88. The van der Waals surface area contributed by atoms with Gasteiger partial charge in [-0.2, -0.15) is 0 Å². The van der Waals surface area contributed by atoms with Gasteiger partial charge in [-0.3, -0.25) is 14.5 Å². The summed E-state index contributed by atoms with van der Waals surface area (Å²) in [6.45, 7) is 0.842. The molecule has 0 spiro atoms. The van der Waals surface area contributed by atoms with Crippen molar-refractivity contribution >= 4 is 11.9 Å². The van der Waals surface area contributed by atoms with E-state index in [1.54, 1.807) is 13.1 Å². The third-order valence-electron chi connectivity index (χ3n) is 2.59. The summed E-state index contributed by atoms with van der Waals surface area (Å²) in [7, 11) is 3.42. The molecule has 0 atom stereocenters. The van der Waals surface area contributed by atoms with Gasteiger partial charge in [0.15, 0.2) is 0 Å². The predicted octanol–water partition coefficient (Wildman–Crippen LogP) is 0.491. The molecular formula is C13H18N2O3. The monoisotopic (exact) mass is 250 g/mol. The van der Waals surface area contributed by atoms with Crippen molar-refractivity contribution in [3.8, 4) is 0 Å². The summed E-state index contributed by atoms with van der Waals surface area (Å²) in [4.78, 5) is 23.8. The van der Waals surface area contributed by atoms with Gasteiger partial charge in [0.25, 0.3) is 0 Å². The first kappa shape index (κ1) is 14.2. The quantitative estimate of drug-likeness (QED) is 0.771. The highest BCUT2D eigenvalue weighted by molar-refractivity contribution is 5.77. The Morgan fingerprint density at radius 2 is 1.89 bits per heavy atom. The summed E-state index contributed by atoms with van der Waals surface area (Å²) in [5, 5.41) is 11.4. The first-order chi connectivity index (χ1) is 8.52. The number of hydrogen-bond acceptors (Lipinski definition) is 3. The second kappa shape index (κ2) is 6.76. The van der Waals surface area contributed by atoms with Crippen LogP contribution in [0, 0.1) is 0 Å². The van der Waals surface area contributed by atoms with Gasteiger partial charge in [0.2, 0.25) is 5.91 Å². The minimum absolute atomic E-state index is 0.00396. The van der Waals surface area contributed by atoms with Crippen LogP contribution in [0.1, 0.15) is 11.1 Å². The minimum atomic E-state index is -0.851. The Morgan fingerprint density at radius 3 is 2.44 bits per heavy atom. The molecule has 98 valence electrons. The first-order valence-corrected chi connectivity index (χ1v) is 5.70. The maximum atomic E-state index is 11.2. The number of carboxylic acids is 1. The van der Waals surface area contributed by atoms with Crippen molar-refractivity contribution in [1.82, 2.24) is 10.2 Å². The summed E-state index contributed by atoms with van der Waals surface area (Å²) in [5.74, 6) is -0.912. The van der Waals surface area contributed by atoms with Crippen molar-refractivity contribution in [3.63, 3.8) is 0 Å². The number of carbonyl (C=O) groups excluding carboxylic acids is 1. The molecule has 0 heterocycles. The maximum absolute atomic E-state index is 11.2. The van der Waals surface area contributed by atoms with Crippen molar-refractivity contribution in [1.29, 1.82) is 0 Å². The normalized spacial score (nSPS) is 10.4. The molecule has 0 saturated heterocycles. The number of carboxylic acid groups (broad SMARTS) is 1. The molecule has 0 saturated carbocycles. The minimum Gasteiger partial charge on any atom is -0.481 e. The summed E-state index contributed by atoms with van der Waals surface area (Å²) in [5.41, 5.74) is 1.72. The van der Waals surface area contributed by atoms with E-state index in [-0.39, 0.29) is 18.9 Å². The van der Waals surface area contributed by atoms with Crippen molar-refractivity contribution in [2.75, 3.05) is 20.6 Å². The molecule has 0 aliphatic rings. The Balaban J connectivity index is 2.71. The number of nitrogens with zero attached hydrogens (tertiary/aromatic N) is 1. The van der Waals surface area contributed by atoms with Crippen LogP contribution in [0.3, 0.4) is 0 Å². The van der Waals surface area contributed by atoms with E-state index >= 15 is 0 Å². The van der Waals surface area contributed by atoms with E-state index in [9.17, 15) is 9.59 Å². The van der Waals surface area contributed by atoms with Crippen LogP contribution in [0.5, 0.6) is 0 Å². The lowest BCUT2D eigenvalue weighted by molar-refractivity contribution is -0.136. The molecule has 0 aromatic heterocycles. The van der Waals surface area contributed by atoms with Crippen LogP contribution in [0.25, 0.3) is 0 Å². The van der Waals surface area contributed by atoms with Crippen LogP contribution in [0.15, 0.2) is 24.3 Å². The van der Waals surface area contributed by atoms with Crippen LogP contribution in [-0.2, 0) is 22.6 Å². The predicted molar refractivity (Wildman–Crippen MR) is 68.2 cm³/mol. The number of amides is 1. The Kier molecular flexibility index (Phi) is 5.32. The lowest BCUT2D eigenvalue weighted by Gasteiger charge is -2.17. The smallest absolute Gasteiger partial charge is 0.307 e. The van der Waals surface area contributed by atoms with Crippen LogP contribution in [0.2, 0.25) is 0 Å². The Bertz CT molecular complexity index is 432. The average Bonchev–Trinajstić information content (AvgIpc) is 2.30. The lowest BCUT2D eigenvalue weighted by Crippen LogP contribution is -2.32. The third kappa shape index (κ3) is 4.55. The molecule has 0 aliphatic carbocycles. The van der Waals surface area contributed by atoms with E-state index < -0.39 is 5.97 Å². The van der Waals surface area contributed by atoms with E-state index in [2.05, 4.69) is 5.32 Å². The van der Waals surface area contributed by atoms with E-state index in [1.165, 1.54) is 0 Å². The highest BCUT2D eigenvalue weighted by atomic mass is 16.4. The van der Waals surface area contributed by atoms with Crippen LogP contribution in [-0.4, -0.2) is 42.5 Å². The third-order valence-corrected chi connectivity index (χ3v) is 2.59. The van der Waals surface area contributed by atoms with Crippen LogP contribution in [0.4, 0.5) is 0 Å². The zero-order valence-electron chi connectivity index (χ0n) is 10.6. The molecule has 1 aromatic carbocycles. The largest absolute Gasteiger partial charge is 0.481 e. The number of carbonyl (C=O) groups is 2. The fourth-order valence-electron chi connectivity index (χ4n) is 1.72. The van der Waals surface area contributed by atoms with Gasteiger partial charge in [0.1, 0.15) is 0 Å². The van der Waals surface area contributed by atoms with Crippen molar-refractivity contribution in [2.45, 2.75) is 13.0 Å². The number of aliphatic carboxylic acids is 1. The molecule has 18 heavy (non-hydrogen) atoms.